The Hall–Kier alpha value is -2.67. The number of piperidine rings is 1. The van der Waals surface area contributed by atoms with E-state index in [9.17, 15) is 14.4 Å². The van der Waals surface area contributed by atoms with E-state index in [-0.39, 0.29) is 5.91 Å². The van der Waals surface area contributed by atoms with E-state index in [1.807, 2.05) is 4.90 Å². The lowest BCUT2D eigenvalue weighted by Crippen LogP contribution is -2.44. The summed E-state index contributed by atoms with van der Waals surface area (Å²) in [5, 5.41) is 0. The zero-order valence-electron chi connectivity index (χ0n) is 16.3. The number of hydrogen-bond acceptors (Lipinski definition) is 4. The summed E-state index contributed by atoms with van der Waals surface area (Å²) < 4.78 is 0. The Bertz CT molecular complexity index is 1050. The maximum atomic E-state index is 13.2. The molecular weight excluding hydrogens is 356 g/mol. The Morgan fingerprint density at radius 2 is 1.82 bits per heavy atom. The zero-order valence-corrected chi connectivity index (χ0v) is 16.3. The van der Waals surface area contributed by atoms with Crippen LogP contribution in [0.5, 0.6) is 0 Å². The van der Waals surface area contributed by atoms with Gasteiger partial charge in [0.05, 0.1) is 11.0 Å². The highest BCUT2D eigenvalue weighted by Gasteiger charge is 2.36. The van der Waals surface area contributed by atoms with E-state index in [4.69, 9.17) is 0 Å². The number of rotatable bonds is 3. The molecule has 1 aromatic carbocycles. The SMILES string of the molecule is CC(C)=CCN1C[C@H]2CC[C@@H]1CN(C(=O)c1ccc3[nH]c(=O)c(=O)[nH]c3c1)C2. The second kappa shape index (κ2) is 7.39. The molecular formula is C21H26N4O3. The molecule has 5 rings (SSSR count). The van der Waals surface area contributed by atoms with E-state index in [2.05, 4.69) is 34.8 Å². The number of carbonyl (C=O) groups excluding carboxylic acids is 1. The molecule has 1 amide bonds. The number of fused-ring (bicyclic) bond motifs is 5. The van der Waals surface area contributed by atoms with Gasteiger partial charge in [0.2, 0.25) is 0 Å². The van der Waals surface area contributed by atoms with Crippen LogP contribution in [0.2, 0.25) is 0 Å². The van der Waals surface area contributed by atoms with Crippen molar-refractivity contribution in [3.8, 4) is 0 Å². The number of aromatic nitrogens is 2. The highest BCUT2D eigenvalue weighted by molar-refractivity contribution is 5.97. The van der Waals surface area contributed by atoms with Gasteiger partial charge in [-0.1, -0.05) is 11.6 Å². The van der Waals surface area contributed by atoms with Crippen LogP contribution in [0.3, 0.4) is 0 Å². The number of benzene rings is 1. The molecule has 2 N–H and O–H groups in total. The van der Waals surface area contributed by atoms with Crippen molar-refractivity contribution in [2.24, 2.45) is 5.92 Å². The minimum atomic E-state index is -0.708. The van der Waals surface area contributed by atoms with Gasteiger partial charge < -0.3 is 14.9 Å². The van der Waals surface area contributed by atoms with Crippen molar-refractivity contribution in [1.29, 1.82) is 0 Å². The lowest BCUT2D eigenvalue weighted by Gasteiger charge is -2.35. The van der Waals surface area contributed by atoms with Gasteiger partial charge in [-0.15, -0.1) is 0 Å². The van der Waals surface area contributed by atoms with Crippen molar-refractivity contribution < 1.29 is 4.79 Å². The molecule has 0 saturated carbocycles. The first-order valence-electron chi connectivity index (χ1n) is 9.84. The molecule has 28 heavy (non-hydrogen) atoms. The minimum absolute atomic E-state index is 0.0186. The summed E-state index contributed by atoms with van der Waals surface area (Å²) >= 11 is 0. The van der Waals surface area contributed by atoms with Gasteiger partial charge in [-0.3, -0.25) is 19.3 Å². The van der Waals surface area contributed by atoms with Gasteiger partial charge in [-0.05, 0) is 50.8 Å². The summed E-state index contributed by atoms with van der Waals surface area (Å²) in [7, 11) is 0. The summed E-state index contributed by atoms with van der Waals surface area (Å²) in [6.45, 7) is 7.69. The van der Waals surface area contributed by atoms with Crippen molar-refractivity contribution in [2.75, 3.05) is 26.2 Å². The van der Waals surface area contributed by atoms with E-state index in [1.165, 1.54) is 5.57 Å². The second-order valence-electron chi connectivity index (χ2n) is 8.21. The van der Waals surface area contributed by atoms with E-state index in [0.29, 0.717) is 28.6 Å². The van der Waals surface area contributed by atoms with Gasteiger partial charge in [-0.2, -0.15) is 0 Å². The van der Waals surface area contributed by atoms with Crippen LogP contribution in [0.15, 0.2) is 39.4 Å². The highest BCUT2D eigenvalue weighted by Crippen LogP contribution is 2.29. The predicted octanol–water partition coefficient (Wildman–Crippen LogP) is 1.72. The first-order valence-corrected chi connectivity index (χ1v) is 9.84. The summed E-state index contributed by atoms with van der Waals surface area (Å²) in [4.78, 5) is 45.8. The molecule has 0 spiro atoms. The maximum Gasteiger partial charge on any atom is 0.314 e. The number of carbonyl (C=O) groups is 1. The van der Waals surface area contributed by atoms with Crippen LogP contribution in [0, 0.1) is 5.92 Å². The molecule has 2 aromatic rings. The van der Waals surface area contributed by atoms with Crippen molar-refractivity contribution in [3.63, 3.8) is 0 Å². The third-order valence-corrected chi connectivity index (χ3v) is 5.82. The highest BCUT2D eigenvalue weighted by atomic mass is 16.2. The Morgan fingerprint density at radius 3 is 2.57 bits per heavy atom. The van der Waals surface area contributed by atoms with Crippen LogP contribution in [0.4, 0.5) is 0 Å². The van der Waals surface area contributed by atoms with Crippen LogP contribution in [-0.4, -0.2) is 57.9 Å². The topological polar surface area (TPSA) is 89.3 Å². The fourth-order valence-electron chi connectivity index (χ4n) is 4.30. The van der Waals surface area contributed by atoms with Crippen LogP contribution < -0.4 is 11.1 Å². The summed E-state index contributed by atoms with van der Waals surface area (Å²) in [6, 6.07) is 5.43. The molecule has 7 nitrogen and oxygen atoms in total. The summed E-state index contributed by atoms with van der Waals surface area (Å²) in [5.41, 5.74) is 1.44. The third-order valence-electron chi connectivity index (χ3n) is 5.82. The standard InChI is InChI=1S/C21H26N4O3/c1-13(2)7-8-24-10-14-3-5-16(24)12-25(11-14)21(28)15-4-6-17-18(9-15)23-20(27)19(26)22-17/h4,6-7,9,14,16H,3,5,8,10-12H2,1-2H3,(H,22,26)(H,23,27)/t14-,16-/m1/s1. The van der Waals surface area contributed by atoms with Crippen LogP contribution >= 0.6 is 0 Å². The molecule has 0 aliphatic carbocycles. The van der Waals surface area contributed by atoms with Crippen LogP contribution in [0.25, 0.3) is 11.0 Å². The molecule has 4 heterocycles. The minimum Gasteiger partial charge on any atom is -0.337 e. The van der Waals surface area contributed by atoms with E-state index >= 15 is 0 Å². The molecule has 7 heteroatoms. The lowest BCUT2D eigenvalue weighted by atomic mass is 9.95. The van der Waals surface area contributed by atoms with Gasteiger partial charge in [0.15, 0.2) is 0 Å². The van der Waals surface area contributed by atoms with Crippen LogP contribution in [0.1, 0.15) is 37.0 Å². The Labute approximate surface area is 163 Å². The Morgan fingerprint density at radius 1 is 1.07 bits per heavy atom. The van der Waals surface area contributed by atoms with Gasteiger partial charge in [-0.25, -0.2) is 0 Å². The zero-order chi connectivity index (χ0) is 19.8. The number of hydrogen-bond donors (Lipinski definition) is 2. The summed E-state index contributed by atoms with van der Waals surface area (Å²) in [6.07, 6.45) is 4.54. The van der Waals surface area contributed by atoms with Gasteiger partial charge in [0.1, 0.15) is 0 Å². The van der Waals surface area contributed by atoms with Crippen molar-refractivity contribution in [2.45, 2.75) is 32.7 Å². The normalized spacial score (nSPS) is 22.3. The first-order chi connectivity index (χ1) is 13.4. The fourth-order valence-corrected chi connectivity index (χ4v) is 4.30. The lowest BCUT2D eigenvalue weighted by molar-refractivity contribution is 0.0740. The number of allylic oxidation sites excluding steroid dienone is 1. The molecule has 2 bridgehead atoms. The average Bonchev–Trinajstić information content (AvgIpc) is 2.98. The molecule has 0 radical (unpaired) electrons. The van der Waals surface area contributed by atoms with Crippen LogP contribution in [-0.2, 0) is 0 Å². The molecule has 1 aromatic heterocycles. The molecule has 3 aliphatic rings. The number of nitrogens with one attached hydrogen (secondary N) is 2. The number of amides is 1. The third kappa shape index (κ3) is 3.67. The fraction of sp³-hybridized carbons (Fsp3) is 0.476. The van der Waals surface area contributed by atoms with E-state index < -0.39 is 11.1 Å². The first kappa shape index (κ1) is 18.7. The summed E-state index contributed by atoms with van der Waals surface area (Å²) in [5.74, 6) is 0.472. The quantitative estimate of drug-likeness (QED) is 0.625. The maximum absolute atomic E-state index is 13.2. The molecule has 0 unspecified atom stereocenters. The van der Waals surface area contributed by atoms with Crippen molar-refractivity contribution in [3.05, 3.63) is 56.1 Å². The Balaban J connectivity index is 1.57. The Kier molecular flexibility index (Phi) is 4.93. The smallest absolute Gasteiger partial charge is 0.314 e. The average molecular weight is 382 g/mol. The molecule has 3 saturated heterocycles. The number of nitrogens with zero attached hydrogens (tertiary/aromatic N) is 2. The number of H-pyrrole nitrogens is 2. The second-order valence-corrected chi connectivity index (χ2v) is 8.21. The molecule has 2 atom stereocenters. The number of aromatic amines is 2. The molecule has 3 fully saturated rings. The largest absolute Gasteiger partial charge is 0.337 e. The molecule has 148 valence electrons. The predicted molar refractivity (Wildman–Crippen MR) is 109 cm³/mol. The monoisotopic (exact) mass is 382 g/mol. The van der Waals surface area contributed by atoms with Gasteiger partial charge in [0, 0.05) is 37.8 Å². The van der Waals surface area contributed by atoms with Gasteiger partial charge in [0.25, 0.3) is 5.91 Å². The van der Waals surface area contributed by atoms with Crippen molar-refractivity contribution >= 4 is 16.9 Å². The van der Waals surface area contributed by atoms with E-state index in [0.717, 1.165) is 39.0 Å². The molecule has 3 aliphatic heterocycles. The van der Waals surface area contributed by atoms with E-state index in [1.54, 1.807) is 18.2 Å². The van der Waals surface area contributed by atoms with Crippen molar-refractivity contribution in [1.82, 2.24) is 19.8 Å². The van der Waals surface area contributed by atoms with Gasteiger partial charge >= 0.3 is 11.1 Å².